The summed E-state index contributed by atoms with van der Waals surface area (Å²) in [5, 5.41) is 0. The topological polar surface area (TPSA) is 46.3 Å². The van der Waals surface area contributed by atoms with Crippen LogP contribution in [0.1, 0.15) is 72.1 Å². The highest BCUT2D eigenvalue weighted by molar-refractivity contribution is 5.79. The van der Waals surface area contributed by atoms with Crippen molar-refractivity contribution in [1.82, 2.24) is 4.90 Å². The van der Waals surface area contributed by atoms with Gasteiger partial charge in [0, 0.05) is 25.0 Å². The van der Waals surface area contributed by atoms with Gasteiger partial charge in [-0.3, -0.25) is 4.79 Å². The zero-order chi connectivity index (χ0) is 16.6. The highest BCUT2D eigenvalue weighted by Gasteiger charge is 2.42. The van der Waals surface area contributed by atoms with E-state index in [9.17, 15) is 4.79 Å². The maximum Gasteiger partial charge on any atom is 0.225 e. The molecule has 2 saturated carbocycles. The first-order valence-corrected chi connectivity index (χ1v) is 9.90. The lowest BCUT2D eigenvalue weighted by Gasteiger charge is -2.44. The van der Waals surface area contributed by atoms with Crippen molar-refractivity contribution in [1.29, 1.82) is 0 Å². The standard InChI is InChI=1S/C20H36N2O/c1-20(2,3)17-8-5-10-22(11-9-17)19(23)16-12-14-6-4-7-15(13-16)18(14)21/h14-18H,4-13,21H2,1-3H3. The second-order valence-electron chi connectivity index (χ2n) is 9.52. The molecular weight excluding hydrogens is 284 g/mol. The lowest BCUT2D eigenvalue weighted by atomic mass is 9.65. The second kappa shape index (κ2) is 6.74. The lowest BCUT2D eigenvalue weighted by Crippen LogP contribution is -2.49. The van der Waals surface area contributed by atoms with E-state index in [0.29, 0.717) is 29.2 Å². The van der Waals surface area contributed by atoms with Gasteiger partial charge in [0.05, 0.1) is 0 Å². The Bertz CT molecular complexity index is 414. The molecule has 0 aromatic rings. The summed E-state index contributed by atoms with van der Waals surface area (Å²) in [5.74, 6) is 2.66. The maximum atomic E-state index is 13.1. The number of carbonyl (C=O) groups excluding carboxylic acids is 1. The van der Waals surface area contributed by atoms with Crippen molar-refractivity contribution < 1.29 is 4.79 Å². The van der Waals surface area contributed by atoms with E-state index < -0.39 is 0 Å². The lowest BCUT2D eigenvalue weighted by molar-refractivity contribution is -0.138. The van der Waals surface area contributed by atoms with E-state index in [1.54, 1.807) is 0 Å². The summed E-state index contributed by atoms with van der Waals surface area (Å²) in [4.78, 5) is 15.3. The molecule has 3 unspecified atom stereocenters. The molecule has 0 aromatic heterocycles. The van der Waals surface area contributed by atoms with Crippen molar-refractivity contribution in [2.24, 2.45) is 34.8 Å². The van der Waals surface area contributed by atoms with Crippen molar-refractivity contribution in [2.45, 2.75) is 78.2 Å². The smallest absolute Gasteiger partial charge is 0.225 e. The summed E-state index contributed by atoms with van der Waals surface area (Å²) >= 11 is 0. The zero-order valence-electron chi connectivity index (χ0n) is 15.4. The summed E-state index contributed by atoms with van der Waals surface area (Å²) in [7, 11) is 0. The van der Waals surface area contributed by atoms with Gasteiger partial charge >= 0.3 is 0 Å². The highest BCUT2D eigenvalue weighted by Crippen LogP contribution is 2.43. The van der Waals surface area contributed by atoms with Gasteiger partial charge in [-0.25, -0.2) is 0 Å². The molecule has 1 heterocycles. The predicted molar refractivity (Wildman–Crippen MR) is 94.9 cm³/mol. The van der Waals surface area contributed by atoms with Gasteiger partial charge < -0.3 is 10.6 Å². The van der Waals surface area contributed by atoms with Crippen LogP contribution in [0.4, 0.5) is 0 Å². The van der Waals surface area contributed by atoms with Gasteiger partial charge in [0.25, 0.3) is 0 Å². The molecule has 0 spiro atoms. The monoisotopic (exact) mass is 320 g/mol. The highest BCUT2D eigenvalue weighted by atomic mass is 16.2. The van der Waals surface area contributed by atoms with Crippen LogP contribution >= 0.6 is 0 Å². The summed E-state index contributed by atoms with van der Waals surface area (Å²) in [6.07, 6.45) is 9.53. The largest absolute Gasteiger partial charge is 0.342 e. The number of nitrogens with zero attached hydrogens (tertiary/aromatic N) is 1. The van der Waals surface area contributed by atoms with Gasteiger partial charge in [-0.2, -0.15) is 0 Å². The first kappa shape index (κ1) is 17.3. The van der Waals surface area contributed by atoms with E-state index in [1.165, 1.54) is 38.5 Å². The Balaban J connectivity index is 1.60. The minimum Gasteiger partial charge on any atom is -0.342 e. The Morgan fingerprint density at radius 2 is 1.61 bits per heavy atom. The molecule has 3 heteroatoms. The van der Waals surface area contributed by atoms with E-state index in [1.807, 2.05) is 0 Å². The van der Waals surface area contributed by atoms with Crippen LogP contribution in [-0.4, -0.2) is 29.9 Å². The van der Waals surface area contributed by atoms with Crippen LogP contribution in [0.15, 0.2) is 0 Å². The average molecular weight is 321 g/mol. The summed E-state index contributed by atoms with van der Waals surface area (Å²) in [5.41, 5.74) is 6.76. The van der Waals surface area contributed by atoms with Crippen LogP contribution in [0.3, 0.4) is 0 Å². The first-order chi connectivity index (χ1) is 10.9. The number of hydrogen-bond acceptors (Lipinski definition) is 2. The van der Waals surface area contributed by atoms with Crippen molar-refractivity contribution in [2.75, 3.05) is 13.1 Å². The second-order valence-corrected chi connectivity index (χ2v) is 9.52. The Hall–Kier alpha value is -0.570. The molecule has 2 N–H and O–H groups in total. The molecule has 1 aliphatic heterocycles. The van der Waals surface area contributed by atoms with Crippen LogP contribution in [0.2, 0.25) is 0 Å². The minimum absolute atomic E-state index is 0.260. The molecule has 3 aliphatic rings. The van der Waals surface area contributed by atoms with Gasteiger partial charge in [0.15, 0.2) is 0 Å². The Morgan fingerprint density at radius 1 is 0.957 bits per heavy atom. The number of rotatable bonds is 1. The Labute approximate surface area is 142 Å². The van der Waals surface area contributed by atoms with Crippen molar-refractivity contribution in [3.8, 4) is 0 Å². The molecule has 2 bridgehead atoms. The molecular formula is C20H36N2O. The Morgan fingerprint density at radius 3 is 2.22 bits per heavy atom. The van der Waals surface area contributed by atoms with E-state index in [2.05, 4.69) is 25.7 Å². The van der Waals surface area contributed by atoms with Crippen molar-refractivity contribution >= 4 is 5.91 Å². The van der Waals surface area contributed by atoms with E-state index >= 15 is 0 Å². The van der Waals surface area contributed by atoms with Crippen molar-refractivity contribution in [3.63, 3.8) is 0 Å². The summed E-state index contributed by atoms with van der Waals surface area (Å²) < 4.78 is 0. The van der Waals surface area contributed by atoms with Gasteiger partial charge in [-0.15, -0.1) is 0 Å². The SMILES string of the molecule is CC(C)(C)C1CCCN(C(=O)C2CC3CCCC(C2)C3N)CC1. The quantitative estimate of drug-likeness (QED) is 0.798. The molecule has 3 rings (SSSR count). The molecule has 0 radical (unpaired) electrons. The molecule has 132 valence electrons. The van der Waals surface area contributed by atoms with E-state index in [0.717, 1.165) is 31.8 Å². The molecule has 1 amide bonds. The number of hydrogen-bond donors (Lipinski definition) is 1. The minimum atomic E-state index is 0.260. The number of nitrogens with two attached hydrogens (primary N) is 1. The third kappa shape index (κ3) is 3.75. The predicted octanol–water partition coefficient (Wildman–Crippen LogP) is 3.81. The molecule has 3 atom stereocenters. The fourth-order valence-electron chi connectivity index (χ4n) is 5.43. The molecule has 3 fully saturated rings. The fourth-order valence-corrected chi connectivity index (χ4v) is 5.43. The summed E-state index contributed by atoms with van der Waals surface area (Å²) in [6.45, 7) is 8.98. The van der Waals surface area contributed by atoms with E-state index in [-0.39, 0.29) is 5.92 Å². The molecule has 1 saturated heterocycles. The number of amides is 1. The molecule has 3 nitrogen and oxygen atoms in total. The normalized spacial score (nSPS) is 39.0. The number of likely N-dealkylation sites (tertiary alicyclic amines) is 1. The third-order valence-corrected chi connectivity index (χ3v) is 7.03. The fraction of sp³-hybridized carbons (Fsp3) is 0.950. The van der Waals surface area contributed by atoms with Crippen molar-refractivity contribution in [3.05, 3.63) is 0 Å². The van der Waals surface area contributed by atoms with Crippen LogP contribution in [-0.2, 0) is 4.79 Å². The first-order valence-electron chi connectivity index (χ1n) is 9.90. The van der Waals surface area contributed by atoms with Crippen LogP contribution in [0, 0.1) is 29.1 Å². The van der Waals surface area contributed by atoms with E-state index in [4.69, 9.17) is 5.73 Å². The van der Waals surface area contributed by atoms with Crippen LogP contribution < -0.4 is 5.73 Å². The van der Waals surface area contributed by atoms with Gasteiger partial charge in [-0.1, -0.05) is 27.2 Å². The average Bonchev–Trinajstić information content (AvgIpc) is 2.71. The van der Waals surface area contributed by atoms with Gasteiger partial charge in [0.1, 0.15) is 0 Å². The molecule has 0 aromatic carbocycles. The maximum absolute atomic E-state index is 13.1. The number of fused-ring (bicyclic) bond motifs is 2. The summed E-state index contributed by atoms with van der Waals surface area (Å²) in [6, 6.07) is 0.363. The molecule has 23 heavy (non-hydrogen) atoms. The van der Waals surface area contributed by atoms with Crippen LogP contribution in [0.5, 0.6) is 0 Å². The van der Waals surface area contributed by atoms with Gasteiger partial charge in [-0.05, 0) is 68.1 Å². The van der Waals surface area contributed by atoms with Gasteiger partial charge in [0.2, 0.25) is 5.91 Å². The van der Waals surface area contributed by atoms with Crippen LogP contribution in [0.25, 0.3) is 0 Å². The molecule has 2 aliphatic carbocycles. The Kier molecular flexibility index (Phi) is 5.06. The third-order valence-electron chi connectivity index (χ3n) is 7.03. The zero-order valence-corrected chi connectivity index (χ0v) is 15.4. The number of carbonyl (C=O) groups is 1.